The largest absolute Gasteiger partial charge is 0.497 e. The molecule has 1 atom stereocenters. The molecule has 1 amide bonds. The summed E-state index contributed by atoms with van der Waals surface area (Å²) in [6.07, 6.45) is 0.242. The summed E-state index contributed by atoms with van der Waals surface area (Å²) >= 11 is 0. The molecular weight excluding hydrogens is 320 g/mol. The highest BCUT2D eigenvalue weighted by molar-refractivity contribution is 5.94. The summed E-state index contributed by atoms with van der Waals surface area (Å²) in [5.41, 5.74) is 1.37. The Morgan fingerprint density at radius 3 is 2.24 bits per heavy atom. The fourth-order valence-corrected chi connectivity index (χ4v) is 2.34. The van der Waals surface area contributed by atoms with Gasteiger partial charge in [-0.15, -0.1) is 0 Å². The number of methoxy groups -OCH3 is 3. The van der Waals surface area contributed by atoms with Crippen molar-refractivity contribution in [3.63, 3.8) is 0 Å². The topological polar surface area (TPSA) is 80.6 Å². The monoisotopic (exact) mass is 340 g/mol. The Hall–Kier alpha value is -3.20. The summed E-state index contributed by atoms with van der Waals surface area (Å²) in [5.74, 6) is 0.710. The van der Waals surface area contributed by atoms with Crippen molar-refractivity contribution in [1.29, 1.82) is 5.26 Å². The molecule has 0 heterocycles. The number of rotatable bonds is 7. The van der Waals surface area contributed by atoms with Gasteiger partial charge in [-0.1, -0.05) is 6.07 Å². The molecular formula is C19H20N2O4. The van der Waals surface area contributed by atoms with Gasteiger partial charge in [-0.25, -0.2) is 0 Å². The van der Waals surface area contributed by atoms with E-state index in [4.69, 9.17) is 14.2 Å². The number of amides is 1. The van der Waals surface area contributed by atoms with E-state index in [1.165, 1.54) is 7.11 Å². The first-order valence-corrected chi connectivity index (χ1v) is 7.66. The van der Waals surface area contributed by atoms with Gasteiger partial charge in [0.2, 0.25) is 5.91 Å². The number of ether oxygens (including phenoxy) is 3. The van der Waals surface area contributed by atoms with Crippen LogP contribution in [0, 0.1) is 17.2 Å². The zero-order chi connectivity index (χ0) is 18.2. The van der Waals surface area contributed by atoms with E-state index >= 15 is 0 Å². The second-order valence-corrected chi connectivity index (χ2v) is 5.28. The fourth-order valence-electron chi connectivity index (χ4n) is 2.34. The first kappa shape index (κ1) is 18.1. The molecule has 2 rings (SSSR count). The molecule has 0 aromatic heterocycles. The standard InChI is InChI=1S/C19H20N2O4/c1-23-16-8-5-15(6-9-16)21-19(22)14(12-20)10-13-4-7-17(24-2)11-18(13)25-3/h4-9,11,14H,10H2,1-3H3,(H,21,22)/t14-/m1/s1. The molecule has 2 aromatic rings. The summed E-state index contributed by atoms with van der Waals surface area (Å²) in [6.45, 7) is 0. The fraction of sp³-hybridized carbons (Fsp3) is 0.263. The van der Waals surface area contributed by atoms with Crippen LogP contribution >= 0.6 is 0 Å². The van der Waals surface area contributed by atoms with Crippen LogP contribution in [-0.2, 0) is 11.2 Å². The van der Waals surface area contributed by atoms with E-state index in [0.717, 1.165) is 5.56 Å². The van der Waals surface area contributed by atoms with Crippen molar-refractivity contribution in [1.82, 2.24) is 0 Å². The Labute approximate surface area is 146 Å². The lowest BCUT2D eigenvalue weighted by Crippen LogP contribution is -2.23. The van der Waals surface area contributed by atoms with Crippen LogP contribution in [-0.4, -0.2) is 27.2 Å². The Bertz CT molecular complexity index is 766. The minimum absolute atomic E-state index is 0.242. The Morgan fingerprint density at radius 2 is 1.68 bits per heavy atom. The van der Waals surface area contributed by atoms with Crippen molar-refractivity contribution >= 4 is 11.6 Å². The highest BCUT2D eigenvalue weighted by atomic mass is 16.5. The normalized spacial score (nSPS) is 11.1. The molecule has 6 nitrogen and oxygen atoms in total. The lowest BCUT2D eigenvalue weighted by atomic mass is 9.98. The van der Waals surface area contributed by atoms with Gasteiger partial charge in [-0.2, -0.15) is 5.26 Å². The van der Waals surface area contributed by atoms with Crippen LogP contribution in [0.4, 0.5) is 5.69 Å². The van der Waals surface area contributed by atoms with Gasteiger partial charge >= 0.3 is 0 Å². The summed E-state index contributed by atoms with van der Waals surface area (Å²) < 4.78 is 15.6. The van der Waals surface area contributed by atoms with Crippen LogP contribution in [0.2, 0.25) is 0 Å². The highest BCUT2D eigenvalue weighted by Gasteiger charge is 2.21. The predicted molar refractivity (Wildman–Crippen MR) is 94.0 cm³/mol. The average molecular weight is 340 g/mol. The molecule has 0 aliphatic rings. The molecule has 1 N–H and O–H groups in total. The number of nitriles is 1. The number of nitrogens with one attached hydrogen (secondary N) is 1. The zero-order valence-electron chi connectivity index (χ0n) is 14.4. The van der Waals surface area contributed by atoms with Gasteiger partial charge in [0.05, 0.1) is 27.4 Å². The van der Waals surface area contributed by atoms with Gasteiger partial charge in [0, 0.05) is 18.2 Å². The molecule has 0 saturated carbocycles. The van der Waals surface area contributed by atoms with E-state index in [2.05, 4.69) is 5.32 Å². The lowest BCUT2D eigenvalue weighted by molar-refractivity contribution is -0.118. The molecule has 0 aliphatic heterocycles. The molecule has 25 heavy (non-hydrogen) atoms. The van der Waals surface area contributed by atoms with Gasteiger partial charge in [0.25, 0.3) is 0 Å². The molecule has 0 unspecified atom stereocenters. The van der Waals surface area contributed by atoms with Crippen molar-refractivity contribution in [3.05, 3.63) is 48.0 Å². The number of nitrogens with zero attached hydrogens (tertiary/aromatic N) is 1. The first-order valence-electron chi connectivity index (χ1n) is 7.66. The second-order valence-electron chi connectivity index (χ2n) is 5.28. The van der Waals surface area contributed by atoms with Gasteiger partial charge in [0.15, 0.2) is 0 Å². The van der Waals surface area contributed by atoms with Crippen LogP contribution < -0.4 is 19.5 Å². The highest BCUT2D eigenvalue weighted by Crippen LogP contribution is 2.27. The molecule has 0 spiro atoms. The van der Waals surface area contributed by atoms with E-state index in [1.807, 2.05) is 6.07 Å². The average Bonchev–Trinajstić information content (AvgIpc) is 2.66. The smallest absolute Gasteiger partial charge is 0.242 e. The molecule has 2 aromatic carbocycles. The number of hydrogen-bond donors (Lipinski definition) is 1. The summed E-state index contributed by atoms with van der Waals surface area (Å²) in [5, 5.41) is 12.1. The summed E-state index contributed by atoms with van der Waals surface area (Å²) in [4.78, 5) is 12.4. The maximum absolute atomic E-state index is 12.4. The van der Waals surface area contributed by atoms with E-state index < -0.39 is 5.92 Å². The third-order valence-corrected chi connectivity index (χ3v) is 3.75. The molecule has 0 bridgehead atoms. The summed E-state index contributed by atoms with van der Waals surface area (Å²) in [7, 11) is 4.67. The Kier molecular flexibility index (Phi) is 6.24. The maximum Gasteiger partial charge on any atom is 0.242 e. The van der Waals surface area contributed by atoms with Crippen molar-refractivity contribution in [2.24, 2.45) is 5.92 Å². The third-order valence-electron chi connectivity index (χ3n) is 3.75. The zero-order valence-corrected chi connectivity index (χ0v) is 14.4. The summed E-state index contributed by atoms with van der Waals surface area (Å²) in [6, 6.07) is 14.3. The first-order chi connectivity index (χ1) is 12.1. The predicted octanol–water partition coefficient (Wildman–Crippen LogP) is 3.03. The van der Waals surface area contributed by atoms with Crippen molar-refractivity contribution in [2.75, 3.05) is 26.6 Å². The van der Waals surface area contributed by atoms with Crippen LogP contribution in [0.15, 0.2) is 42.5 Å². The lowest BCUT2D eigenvalue weighted by Gasteiger charge is -2.14. The van der Waals surface area contributed by atoms with E-state index in [9.17, 15) is 10.1 Å². The number of anilines is 1. The molecule has 0 saturated heterocycles. The number of hydrogen-bond acceptors (Lipinski definition) is 5. The molecule has 130 valence electrons. The minimum Gasteiger partial charge on any atom is -0.497 e. The number of benzene rings is 2. The van der Waals surface area contributed by atoms with Crippen LogP contribution in [0.25, 0.3) is 0 Å². The van der Waals surface area contributed by atoms with E-state index in [-0.39, 0.29) is 12.3 Å². The number of carbonyl (C=O) groups is 1. The van der Waals surface area contributed by atoms with Crippen molar-refractivity contribution in [2.45, 2.75) is 6.42 Å². The number of carbonyl (C=O) groups excluding carboxylic acids is 1. The van der Waals surface area contributed by atoms with Crippen LogP contribution in [0.3, 0.4) is 0 Å². The third kappa shape index (κ3) is 4.64. The van der Waals surface area contributed by atoms with E-state index in [0.29, 0.717) is 22.9 Å². The van der Waals surface area contributed by atoms with E-state index in [1.54, 1.807) is 56.7 Å². The van der Waals surface area contributed by atoms with Crippen molar-refractivity contribution in [3.8, 4) is 23.3 Å². The van der Waals surface area contributed by atoms with Gasteiger partial charge in [0.1, 0.15) is 23.2 Å². The van der Waals surface area contributed by atoms with Gasteiger partial charge in [-0.05, 0) is 35.9 Å². The van der Waals surface area contributed by atoms with Crippen LogP contribution in [0.5, 0.6) is 17.2 Å². The SMILES string of the molecule is COc1ccc(NC(=O)[C@@H](C#N)Cc2ccc(OC)cc2OC)cc1. The molecule has 0 radical (unpaired) electrons. The Morgan fingerprint density at radius 1 is 1.04 bits per heavy atom. The minimum atomic E-state index is -0.843. The van der Waals surface area contributed by atoms with Gasteiger partial charge in [-0.3, -0.25) is 4.79 Å². The molecule has 0 fully saturated rings. The van der Waals surface area contributed by atoms with Crippen LogP contribution in [0.1, 0.15) is 5.56 Å². The molecule has 0 aliphatic carbocycles. The maximum atomic E-state index is 12.4. The van der Waals surface area contributed by atoms with Crippen molar-refractivity contribution < 1.29 is 19.0 Å². The van der Waals surface area contributed by atoms with Gasteiger partial charge < -0.3 is 19.5 Å². The second kappa shape index (κ2) is 8.60. The Balaban J connectivity index is 2.11. The quantitative estimate of drug-likeness (QED) is 0.838. The molecule has 6 heteroatoms.